The molecule has 0 fully saturated rings. The minimum atomic E-state index is -1.83. The third-order valence-electron chi connectivity index (χ3n) is 4.69. The highest BCUT2D eigenvalue weighted by molar-refractivity contribution is 6.74. The molecule has 0 saturated heterocycles. The van der Waals surface area contributed by atoms with Crippen molar-refractivity contribution in [3.05, 3.63) is 5.21 Å². The first-order chi connectivity index (χ1) is 9.60. The van der Waals surface area contributed by atoms with Crippen LogP contribution in [0.3, 0.4) is 0 Å². The summed E-state index contributed by atoms with van der Waals surface area (Å²) >= 11 is 0. The molecule has 0 N–H and O–H groups in total. The maximum Gasteiger partial charge on any atom is 0.193 e. The van der Waals surface area contributed by atoms with E-state index in [9.17, 15) is 5.21 Å². The van der Waals surface area contributed by atoms with E-state index in [-0.39, 0.29) is 23.5 Å². The maximum absolute atomic E-state index is 12.0. The van der Waals surface area contributed by atoms with Crippen LogP contribution >= 0.6 is 0 Å². The summed E-state index contributed by atoms with van der Waals surface area (Å²) in [5, 5.41) is 12.2. The van der Waals surface area contributed by atoms with E-state index < -0.39 is 8.32 Å². The highest BCUT2D eigenvalue weighted by atomic mass is 28.4. The van der Waals surface area contributed by atoms with Gasteiger partial charge >= 0.3 is 0 Å². The molecule has 0 unspecified atom stereocenters. The lowest BCUT2D eigenvalue weighted by atomic mass is 10.1. The van der Waals surface area contributed by atoms with Gasteiger partial charge in [0.05, 0.1) is 0 Å². The van der Waals surface area contributed by atoms with Crippen molar-refractivity contribution in [3.63, 3.8) is 0 Å². The van der Waals surface area contributed by atoms with Gasteiger partial charge in [0.15, 0.2) is 26.9 Å². The van der Waals surface area contributed by atoms with Crippen molar-refractivity contribution in [3.8, 4) is 0 Å². The molecule has 21 heavy (non-hydrogen) atoms. The zero-order chi connectivity index (χ0) is 16.3. The van der Waals surface area contributed by atoms with Crippen molar-refractivity contribution >= 4 is 14.5 Å². The predicted octanol–water partition coefficient (Wildman–Crippen LogP) is 3.13. The topological polar surface area (TPSA) is 53.8 Å². The molecular formula is C15H31NO4Si. The number of hydrogen-bond donors (Lipinski definition) is 0. The van der Waals surface area contributed by atoms with Crippen molar-refractivity contribution in [2.24, 2.45) is 0 Å². The molecule has 1 aliphatic rings. The average Bonchev–Trinajstić information content (AvgIpc) is 2.68. The van der Waals surface area contributed by atoms with Crippen molar-refractivity contribution in [2.45, 2.75) is 76.6 Å². The van der Waals surface area contributed by atoms with Crippen LogP contribution in [0.15, 0.2) is 0 Å². The summed E-state index contributed by atoms with van der Waals surface area (Å²) in [4.78, 5) is 0. The molecule has 124 valence electrons. The average molecular weight is 318 g/mol. The Labute approximate surface area is 130 Å². The molecule has 1 aliphatic heterocycles. The second kappa shape index (κ2) is 7.22. The minimum Gasteiger partial charge on any atom is -0.624 e. The maximum atomic E-state index is 12.0. The van der Waals surface area contributed by atoms with E-state index in [2.05, 4.69) is 33.9 Å². The number of ether oxygens (including phenoxy) is 2. The van der Waals surface area contributed by atoms with E-state index in [1.165, 1.54) is 0 Å². The fourth-order valence-corrected chi connectivity index (χ4v) is 3.53. The van der Waals surface area contributed by atoms with E-state index in [1.807, 2.05) is 0 Å². The van der Waals surface area contributed by atoms with Gasteiger partial charge in [-0.1, -0.05) is 20.8 Å². The van der Waals surface area contributed by atoms with Gasteiger partial charge in [0.25, 0.3) is 0 Å². The summed E-state index contributed by atoms with van der Waals surface area (Å²) in [7, 11) is 1.40. The Morgan fingerprint density at radius 3 is 2.33 bits per heavy atom. The zero-order valence-corrected chi connectivity index (χ0v) is 15.5. The van der Waals surface area contributed by atoms with Crippen LogP contribution in [0, 0.1) is 5.21 Å². The van der Waals surface area contributed by atoms with Crippen molar-refractivity contribution in [1.29, 1.82) is 0 Å². The standard InChI is InChI=1S/C15H31NO4Si/c1-15(2,3)21(6,7)20-13-10-12(16(17)11-13)8-9-14(18-4)19-5/h11-14H,8-10H2,1-7H3/t12-,13-/m1/s1. The summed E-state index contributed by atoms with van der Waals surface area (Å²) in [5.74, 6) is 0. The predicted molar refractivity (Wildman–Crippen MR) is 87.2 cm³/mol. The molecule has 0 aromatic heterocycles. The Kier molecular flexibility index (Phi) is 6.40. The van der Waals surface area contributed by atoms with E-state index >= 15 is 0 Å². The summed E-state index contributed by atoms with van der Waals surface area (Å²) in [5.41, 5.74) is 0. The molecule has 0 aromatic carbocycles. The lowest BCUT2D eigenvalue weighted by molar-refractivity contribution is -0.490. The van der Waals surface area contributed by atoms with Gasteiger partial charge in [-0.15, -0.1) is 0 Å². The van der Waals surface area contributed by atoms with Gasteiger partial charge < -0.3 is 19.1 Å². The first-order valence-corrected chi connectivity index (χ1v) is 10.6. The van der Waals surface area contributed by atoms with Crippen molar-refractivity contribution in [1.82, 2.24) is 0 Å². The highest BCUT2D eigenvalue weighted by Gasteiger charge is 2.42. The fraction of sp³-hybridized carbons (Fsp3) is 0.933. The first kappa shape index (κ1) is 18.6. The number of rotatable bonds is 7. The van der Waals surface area contributed by atoms with Crippen molar-refractivity contribution < 1.29 is 18.6 Å². The molecule has 1 rings (SSSR count). The quantitative estimate of drug-likeness (QED) is 0.313. The molecular weight excluding hydrogens is 286 g/mol. The molecule has 0 aromatic rings. The van der Waals surface area contributed by atoms with Crippen LogP contribution in [0.1, 0.15) is 40.0 Å². The molecule has 0 aliphatic carbocycles. The summed E-state index contributed by atoms with van der Waals surface area (Å²) in [6, 6.07) is -0.0347. The molecule has 2 atom stereocenters. The number of hydrogen-bond acceptors (Lipinski definition) is 4. The Balaban J connectivity index is 2.53. The molecule has 0 saturated carbocycles. The molecule has 0 bridgehead atoms. The fourth-order valence-electron chi connectivity index (χ4n) is 2.26. The summed E-state index contributed by atoms with van der Waals surface area (Å²) in [6.07, 6.45) is 3.63. The van der Waals surface area contributed by atoms with Gasteiger partial charge in [-0.05, 0) is 18.1 Å². The molecule has 6 heteroatoms. The van der Waals surface area contributed by atoms with Crippen LogP contribution in [0.25, 0.3) is 0 Å². The zero-order valence-electron chi connectivity index (χ0n) is 14.5. The Morgan fingerprint density at radius 1 is 1.29 bits per heavy atom. The highest BCUT2D eigenvalue weighted by Crippen LogP contribution is 2.38. The smallest absolute Gasteiger partial charge is 0.193 e. The lowest BCUT2D eigenvalue weighted by Gasteiger charge is -2.37. The van der Waals surface area contributed by atoms with Gasteiger partial charge in [-0.2, -0.15) is 0 Å². The van der Waals surface area contributed by atoms with E-state index in [0.29, 0.717) is 0 Å². The second-order valence-electron chi connectivity index (χ2n) is 7.29. The van der Waals surface area contributed by atoms with Crippen molar-refractivity contribution in [2.75, 3.05) is 14.2 Å². The SMILES string of the molecule is COC(CC[C@@H]1C[C@@H](O[Si](C)(C)C(C)(C)C)C=[N+]1[O-])OC. The largest absolute Gasteiger partial charge is 0.624 e. The normalized spacial score (nSPS) is 23.7. The number of hydroxylamine groups is 1. The summed E-state index contributed by atoms with van der Waals surface area (Å²) in [6.45, 7) is 11.1. The van der Waals surface area contributed by atoms with Gasteiger partial charge in [-0.3, -0.25) is 0 Å². The molecule has 0 amide bonds. The van der Waals surface area contributed by atoms with Crippen LogP contribution in [-0.2, 0) is 13.9 Å². The number of methoxy groups -OCH3 is 2. The van der Waals surface area contributed by atoms with Gasteiger partial charge in [0.1, 0.15) is 6.10 Å². The Morgan fingerprint density at radius 2 is 1.86 bits per heavy atom. The summed E-state index contributed by atoms with van der Waals surface area (Å²) < 4.78 is 17.7. The third kappa shape index (κ3) is 5.05. The first-order valence-electron chi connectivity index (χ1n) is 7.64. The molecule has 0 radical (unpaired) electrons. The molecule has 0 spiro atoms. The Hall–Kier alpha value is -0.433. The van der Waals surface area contributed by atoms with Crippen LogP contribution in [0.2, 0.25) is 18.1 Å². The Bertz CT molecular complexity index is 361. The van der Waals surface area contributed by atoms with Crippen LogP contribution < -0.4 is 0 Å². The van der Waals surface area contributed by atoms with Gasteiger partial charge in [-0.25, -0.2) is 4.74 Å². The van der Waals surface area contributed by atoms with Crippen LogP contribution in [0.5, 0.6) is 0 Å². The van der Waals surface area contributed by atoms with E-state index in [4.69, 9.17) is 13.9 Å². The molecule has 5 nitrogen and oxygen atoms in total. The van der Waals surface area contributed by atoms with Crippen LogP contribution in [0.4, 0.5) is 0 Å². The van der Waals surface area contributed by atoms with E-state index in [0.717, 1.165) is 24.0 Å². The second-order valence-corrected chi connectivity index (χ2v) is 12.0. The van der Waals surface area contributed by atoms with Gasteiger partial charge in [0, 0.05) is 33.5 Å². The monoisotopic (exact) mass is 317 g/mol. The number of nitrogens with zero attached hydrogens (tertiary/aromatic N) is 1. The van der Waals surface area contributed by atoms with E-state index in [1.54, 1.807) is 20.4 Å². The lowest BCUT2D eigenvalue weighted by Crippen LogP contribution is -2.44. The third-order valence-corrected chi connectivity index (χ3v) is 9.20. The van der Waals surface area contributed by atoms with Crippen LogP contribution in [-0.4, -0.2) is 51.9 Å². The minimum absolute atomic E-state index is 0.0347. The van der Waals surface area contributed by atoms with Gasteiger partial charge in [0.2, 0.25) is 0 Å². The molecule has 1 heterocycles.